The van der Waals surface area contributed by atoms with Crippen LogP contribution in [0.1, 0.15) is 22.3 Å². The zero-order valence-electron chi connectivity index (χ0n) is 19.2. The molecule has 0 radical (unpaired) electrons. The molecule has 0 fully saturated rings. The molecule has 0 saturated carbocycles. The minimum Gasteiger partial charge on any atom is -0.493 e. The maximum atomic E-state index is 12.6. The number of halogens is 4. The fraction of sp³-hybridized carbons (Fsp3) is 0.160. The van der Waals surface area contributed by atoms with Crippen molar-refractivity contribution in [3.8, 4) is 11.5 Å². The van der Waals surface area contributed by atoms with Gasteiger partial charge in [-0.2, -0.15) is 18.3 Å². The van der Waals surface area contributed by atoms with E-state index in [9.17, 15) is 22.8 Å². The summed E-state index contributed by atoms with van der Waals surface area (Å²) in [5.74, 6) is -1.29. The summed E-state index contributed by atoms with van der Waals surface area (Å²) in [5, 5.41) is 5.95. The van der Waals surface area contributed by atoms with E-state index in [1.54, 1.807) is 12.1 Å². The minimum absolute atomic E-state index is 0.0297. The average Bonchev–Trinajstić information content (AvgIpc) is 2.83. The third-order valence-corrected chi connectivity index (χ3v) is 5.53. The number of benzene rings is 3. The molecule has 0 aromatic heterocycles. The first-order chi connectivity index (χ1) is 17.1. The Morgan fingerprint density at radius 1 is 1.06 bits per heavy atom. The number of nitrogens with one attached hydrogen (secondary N) is 2. The van der Waals surface area contributed by atoms with Crippen molar-refractivity contribution in [1.29, 1.82) is 0 Å². The topological polar surface area (TPSA) is 89.0 Å². The molecule has 3 rings (SSSR count). The van der Waals surface area contributed by atoms with Crippen LogP contribution >= 0.6 is 15.9 Å². The molecular weight excluding hydrogens is 543 g/mol. The van der Waals surface area contributed by atoms with Crippen molar-refractivity contribution < 1.29 is 32.2 Å². The van der Waals surface area contributed by atoms with Gasteiger partial charge in [0.1, 0.15) is 6.61 Å². The summed E-state index contributed by atoms with van der Waals surface area (Å²) in [4.78, 5) is 24.0. The summed E-state index contributed by atoms with van der Waals surface area (Å²) in [6.45, 7) is 2.32. The smallest absolute Gasteiger partial charge is 0.416 e. The highest BCUT2D eigenvalue weighted by molar-refractivity contribution is 9.10. The van der Waals surface area contributed by atoms with E-state index in [-0.39, 0.29) is 5.69 Å². The van der Waals surface area contributed by atoms with Crippen LogP contribution in [0.25, 0.3) is 0 Å². The van der Waals surface area contributed by atoms with Gasteiger partial charge >= 0.3 is 18.0 Å². The number of carbonyl (C=O) groups is 2. The Labute approximate surface area is 213 Å². The molecule has 0 unspecified atom stereocenters. The van der Waals surface area contributed by atoms with Gasteiger partial charge in [-0.15, -0.1) is 0 Å². The lowest BCUT2D eigenvalue weighted by molar-refractivity contribution is -0.137. The summed E-state index contributed by atoms with van der Waals surface area (Å²) in [6, 6.07) is 14.8. The van der Waals surface area contributed by atoms with Gasteiger partial charge in [0.2, 0.25) is 0 Å². The molecule has 3 aromatic carbocycles. The van der Waals surface area contributed by atoms with Crippen molar-refractivity contribution in [3.63, 3.8) is 0 Å². The lowest BCUT2D eigenvalue weighted by Crippen LogP contribution is -2.32. The molecule has 7 nitrogen and oxygen atoms in total. The number of nitrogens with zero attached hydrogens (tertiary/aromatic N) is 1. The molecule has 2 N–H and O–H groups in total. The normalized spacial score (nSPS) is 11.3. The molecule has 188 valence electrons. The van der Waals surface area contributed by atoms with E-state index in [2.05, 4.69) is 31.8 Å². The van der Waals surface area contributed by atoms with Crippen LogP contribution in [0, 0.1) is 6.92 Å². The van der Waals surface area contributed by atoms with E-state index >= 15 is 0 Å². The van der Waals surface area contributed by atoms with E-state index in [1.165, 1.54) is 13.3 Å². The second-order valence-corrected chi connectivity index (χ2v) is 8.33. The summed E-state index contributed by atoms with van der Waals surface area (Å²) in [7, 11) is 1.48. The van der Waals surface area contributed by atoms with Crippen LogP contribution in [0.5, 0.6) is 11.5 Å². The lowest BCUT2D eigenvalue weighted by atomic mass is 10.1. The van der Waals surface area contributed by atoms with E-state index in [1.807, 2.05) is 31.2 Å². The molecule has 0 aliphatic heterocycles. The first-order valence-electron chi connectivity index (χ1n) is 10.4. The number of rotatable bonds is 7. The third kappa shape index (κ3) is 7.08. The van der Waals surface area contributed by atoms with E-state index in [4.69, 9.17) is 9.47 Å². The summed E-state index contributed by atoms with van der Waals surface area (Å²) < 4.78 is 49.8. The second kappa shape index (κ2) is 11.7. The number of methoxy groups -OCH3 is 1. The molecule has 0 heterocycles. The number of alkyl halides is 3. The van der Waals surface area contributed by atoms with Crippen LogP contribution in [0.3, 0.4) is 0 Å². The van der Waals surface area contributed by atoms with Crippen LogP contribution in [-0.2, 0) is 22.4 Å². The van der Waals surface area contributed by atoms with Crippen molar-refractivity contribution in [2.45, 2.75) is 19.7 Å². The predicted octanol–water partition coefficient (Wildman–Crippen LogP) is 5.45. The molecule has 0 atom stereocenters. The van der Waals surface area contributed by atoms with Crippen LogP contribution in [0.15, 0.2) is 70.2 Å². The van der Waals surface area contributed by atoms with Gasteiger partial charge in [-0.25, -0.2) is 5.43 Å². The third-order valence-electron chi connectivity index (χ3n) is 4.94. The highest BCUT2D eigenvalue weighted by Crippen LogP contribution is 2.37. The molecule has 2 amide bonds. The number of anilines is 1. The molecule has 11 heteroatoms. The van der Waals surface area contributed by atoms with Crippen LogP contribution in [0.2, 0.25) is 0 Å². The number of carbonyl (C=O) groups excluding carboxylic acids is 2. The number of hydrogen-bond donors (Lipinski definition) is 2. The molecule has 0 aliphatic rings. The largest absolute Gasteiger partial charge is 0.493 e. The molecule has 0 saturated heterocycles. The summed E-state index contributed by atoms with van der Waals surface area (Å²) in [5.41, 5.74) is 3.87. The Balaban J connectivity index is 1.60. The minimum atomic E-state index is -4.50. The molecule has 0 aliphatic carbocycles. The summed E-state index contributed by atoms with van der Waals surface area (Å²) in [6.07, 6.45) is -3.21. The molecule has 0 spiro atoms. The quantitative estimate of drug-likeness (QED) is 0.227. The fourth-order valence-electron chi connectivity index (χ4n) is 3.02. The summed E-state index contributed by atoms with van der Waals surface area (Å²) >= 11 is 3.44. The first kappa shape index (κ1) is 26.7. The molecule has 0 bridgehead atoms. The Morgan fingerprint density at radius 3 is 2.39 bits per heavy atom. The highest BCUT2D eigenvalue weighted by Gasteiger charge is 2.30. The maximum Gasteiger partial charge on any atom is 0.416 e. The van der Waals surface area contributed by atoms with Crippen molar-refractivity contribution in [2.75, 3.05) is 12.4 Å². The number of amides is 2. The van der Waals surface area contributed by atoms with Gasteiger partial charge < -0.3 is 14.8 Å². The standard InChI is InChI=1S/C25H21BrF3N3O4/c1-15-5-3-4-6-17(15)14-36-22-20(26)11-16(12-21(22)35-2)13-30-32-24(34)23(33)31-19-9-7-18(8-10-19)25(27,28)29/h3-13H,14H2,1-2H3,(H,31,33)(H,32,34)/b30-13+. The van der Waals surface area contributed by atoms with Crippen molar-refractivity contribution in [3.05, 3.63) is 87.4 Å². The van der Waals surface area contributed by atoms with Crippen molar-refractivity contribution in [1.82, 2.24) is 5.43 Å². The monoisotopic (exact) mass is 563 g/mol. The van der Waals surface area contributed by atoms with Gasteiger partial charge in [-0.1, -0.05) is 24.3 Å². The average molecular weight is 564 g/mol. The van der Waals surface area contributed by atoms with E-state index in [0.29, 0.717) is 28.1 Å². The lowest BCUT2D eigenvalue weighted by Gasteiger charge is -2.14. The van der Waals surface area contributed by atoms with Crippen LogP contribution in [0.4, 0.5) is 18.9 Å². The van der Waals surface area contributed by atoms with Gasteiger partial charge in [-0.3, -0.25) is 9.59 Å². The van der Waals surface area contributed by atoms with Crippen LogP contribution < -0.4 is 20.2 Å². The van der Waals surface area contributed by atoms with Gasteiger partial charge in [0, 0.05) is 5.69 Å². The van der Waals surface area contributed by atoms with Crippen molar-refractivity contribution >= 4 is 39.6 Å². The van der Waals surface area contributed by atoms with E-state index < -0.39 is 23.6 Å². The zero-order valence-corrected chi connectivity index (χ0v) is 20.7. The Morgan fingerprint density at radius 2 is 1.75 bits per heavy atom. The Bertz CT molecular complexity index is 1280. The van der Waals surface area contributed by atoms with E-state index in [0.717, 1.165) is 35.4 Å². The predicted molar refractivity (Wildman–Crippen MR) is 132 cm³/mol. The molecule has 36 heavy (non-hydrogen) atoms. The Hall–Kier alpha value is -3.86. The van der Waals surface area contributed by atoms with Gasteiger partial charge in [0.05, 0.1) is 23.4 Å². The van der Waals surface area contributed by atoms with Crippen molar-refractivity contribution in [2.24, 2.45) is 5.10 Å². The van der Waals surface area contributed by atoms with Crippen LogP contribution in [-0.4, -0.2) is 25.1 Å². The molecule has 3 aromatic rings. The number of hydrogen-bond acceptors (Lipinski definition) is 5. The number of aryl methyl sites for hydroxylation is 1. The fourth-order valence-corrected chi connectivity index (χ4v) is 3.60. The van der Waals surface area contributed by atoms with Gasteiger partial charge in [0.25, 0.3) is 0 Å². The first-order valence-corrected chi connectivity index (χ1v) is 11.2. The zero-order chi connectivity index (χ0) is 26.3. The SMILES string of the molecule is COc1cc(/C=N/NC(=O)C(=O)Nc2ccc(C(F)(F)F)cc2)cc(Br)c1OCc1ccccc1C. The maximum absolute atomic E-state index is 12.6. The Kier molecular flexibility index (Phi) is 8.70. The van der Waals surface area contributed by atoms with Gasteiger partial charge in [-0.05, 0) is 75.9 Å². The van der Waals surface area contributed by atoms with Gasteiger partial charge in [0.15, 0.2) is 11.5 Å². The molecular formula is C25H21BrF3N3O4. The second-order valence-electron chi connectivity index (χ2n) is 7.48. The number of ether oxygens (including phenoxy) is 2. The number of hydrazone groups is 1. The highest BCUT2D eigenvalue weighted by atomic mass is 79.9.